The summed E-state index contributed by atoms with van der Waals surface area (Å²) in [7, 11) is 1.71. The number of nitrogens with zero attached hydrogens (tertiary/aromatic N) is 1. The minimum atomic E-state index is -0.250. The van der Waals surface area contributed by atoms with Gasteiger partial charge in [-0.15, -0.1) is 0 Å². The Morgan fingerprint density at radius 3 is 2.90 bits per heavy atom. The number of ether oxygens (including phenoxy) is 2. The number of hydrogen-bond donors (Lipinski definition) is 2. The van der Waals surface area contributed by atoms with Crippen molar-refractivity contribution in [2.24, 2.45) is 5.92 Å². The third-order valence-corrected chi connectivity index (χ3v) is 5.96. The largest absolute Gasteiger partial charge is 0.497 e. The van der Waals surface area contributed by atoms with Crippen molar-refractivity contribution in [3.8, 4) is 5.75 Å². The molecular weight excluding hydrogens is 372 g/mol. The molecule has 160 valence electrons. The van der Waals surface area contributed by atoms with Crippen molar-refractivity contribution in [1.29, 1.82) is 0 Å². The summed E-state index contributed by atoms with van der Waals surface area (Å²) in [6.45, 7) is 3.41. The fourth-order valence-corrected chi connectivity index (χ4v) is 4.36. The van der Waals surface area contributed by atoms with E-state index in [9.17, 15) is 4.79 Å². The molecule has 2 N–H and O–H groups in total. The molecule has 0 unspecified atom stereocenters. The van der Waals surface area contributed by atoms with E-state index < -0.39 is 0 Å². The summed E-state index contributed by atoms with van der Waals surface area (Å²) < 4.78 is 11.9. The van der Waals surface area contributed by atoms with Crippen LogP contribution in [0.2, 0.25) is 0 Å². The van der Waals surface area contributed by atoms with Crippen molar-refractivity contribution in [2.75, 3.05) is 26.7 Å². The number of hydrogen-bond acceptors (Lipinski definition) is 5. The summed E-state index contributed by atoms with van der Waals surface area (Å²) in [5.41, 5.74) is 1.26. The van der Waals surface area contributed by atoms with Gasteiger partial charge in [0.1, 0.15) is 5.75 Å². The first-order valence-electron chi connectivity index (χ1n) is 10.5. The molecule has 4 rings (SSSR count). The molecule has 29 heavy (non-hydrogen) atoms. The van der Waals surface area contributed by atoms with E-state index in [-0.39, 0.29) is 30.0 Å². The zero-order chi connectivity index (χ0) is 20.7. The fourth-order valence-electron chi connectivity index (χ4n) is 4.36. The second-order valence-electron chi connectivity index (χ2n) is 8.25. The maximum Gasteiger partial charge on any atom is 0.290 e. The second-order valence-corrected chi connectivity index (χ2v) is 8.25. The second kappa shape index (κ2) is 10.1. The molecule has 1 aromatic rings. The number of carbonyl (C=O) groups is 2. The summed E-state index contributed by atoms with van der Waals surface area (Å²) in [4.78, 5) is 22.7. The molecule has 2 atom stereocenters. The van der Waals surface area contributed by atoms with Gasteiger partial charge < -0.3 is 19.9 Å². The molecule has 0 aromatic heterocycles. The van der Waals surface area contributed by atoms with E-state index in [2.05, 4.69) is 28.4 Å². The number of nitrogens with one attached hydrogen (secondary N) is 1. The standard InChI is InChI=1S/C21H30N2O3.CH2O2/c1-25-18-5-2-4-16(12-18)14-23-11-10-21(15-23)9-3-6-19(26-21)13-22-20(24)17-7-8-17;2-1-3/h2,4-5,12,17,19H,3,6-11,13-15H2,1H3,(H,22,24);1H,(H,2,3)/t19-,21+;/m0./s1. The summed E-state index contributed by atoms with van der Waals surface area (Å²) >= 11 is 0. The van der Waals surface area contributed by atoms with Crippen molar-refractivity contribution in [3.63, 3.8) is 0 Å². The van der Waals surface area contributed by atoms with Gasteiger partial charge in [0.05, 0.1) is 18.8 Å². The van der Waals surface area contributed by atoms with Gasteiger partial charge in [-0.3, -0.25) is 14.5 Å². The number of methoxy groups -OCH3 is 1. The third kappa shape index (κ3) is 6.18. The Balaban J connectivity index is 0.000000755. The Hall–Kier alpha value is -2.12. The van der Waals surface area contributed by atoms with Crippen LogP contribution in [0.5, 0.6) is 5.75 Å². The number of likely N-dealkylation sites (tertiary alicyclic amines) is 1. The van der Waals surface area contributed by atoms with Crippen molar-refractivity contribution >= 4 is 12.4 Å². The van der Waals surface area contributed by atoms with E-state index in [4.69, 9.17) is 19.4 Å². The van der Waals surface area contributed by atoms with Crippen LogP contribution < -0.4 is 10.1 Å². The quantitative estimate of drug-likeness (QED) is 0.708. The minimum Gasteiger partial charge on any atom is -0.497 e. The third-order valence-electron chi connectivity index (χ3n) is 5.96. The van der Waals surface area contributed by atoms with Crippen molar-refractivity contribution in [2.45, 2.75) is 56.8 Å². The fraction of sp³-hybridized carbons (Fsp3) is 0.636. The van der Waals surface area contributed by atoms with E-state index in [0.717, 1.165) is 57.5 Å². The lowest BCUT2D eigenvalue weighted by Crippen LogP contribution is -2.47. The zero-order valence-electron chi connectivity index (χ0n) is 17.1. The average molecular weight is 405 g/mol. The molecule has 2 aliphatic heterocycles. The van der Waals surface area contributed by atoms with Crippen LogP contribution in [0.3, 0.4) is 0 Å². The van der Waals surface area contributed by atoms with Crippen LogP contribution in [0, 0.1) is 5.92 Å². The molecule has 0 bridgehead atoms. The van der Waals surface area contributed by atoms with Crippen LogP contribution in [0.4, 0.5) is 0 Å². The highest BCUT2D eigenvalue weighted by Gasteiger charge is 2.43. The van der Waals surface area contributed by atoms with Crippen molar-refractivity contribution in [3.05, 3.63) is 29.8 Å². The van der Waals surface area contributed by atoms with E-state index in [1.807, 2.05) is 6.07 Å². The van der Waals surface area contributed by atoms with Crippen LogP contribution in [-0.4, -0.2) is 60.8 Å². The lowest BCUT2D eigenvalue weighted by Gasteiger charge is -2.39. The monoisotopic (exact) mass is 404 g/mol. The highest BCUT2D eigenvalue weighted by Crippen LogP contribution is 2.37. The smallest absolute Gasteiger partial charge is 0.290 e. The highest BCUT2D eigenvalue weighted by atomic mass is 16.5. The maximum absolute atomic E-state index is 11.9. The molecule has 2 heterocycles. The summed E-state index contributed by atoms with van der Waals surface area (Å²) in [6, 6.07) is 8.31. The van der Waals surface area contributed by atoms with Crippen LogP contribution in [0.15, 0.2) is 24.3 Å². The first kappa shape index (κ1) is 21.6. The highest BCUT2D eigenvalue weighted by molar-refractivity contribution is 5.80. The first-order chi connectivity index (χ1) is 14.1. The Morgan fingerprint density at radius 1 is 1.38 bits per heavy atom. The molecule has 7 nitrogen and oxygen atoms in total. The van der Waals surface area contributed by atoms with Crippen LogP contribution in [-0.2, 0) is 20.9 Å². The lowest BCUT2D eigenvalue weighted by molar-refractivity contribution is -0.131. The van der Waals surface area contributed by atoms with Gasteiger partial charge in [0.15, 0.2) is 0 Å². The molecule has 7 heteroatoms. The van der Waals surface area contributed by atoms with Gasteiger partial charge in [-0.05, 0) is 56.2 Å². The van der Waals surface area contributed by atoms with Crippen molar-refractivity contribution in [1.82, 2.24) is 10.2 Å². The molecule has 1 aromatic carbocycles. The van der Waals surface area contributed by atoms with Gasteiger partial charge in [0.2, 0.25) is 5.91 Å². The Morgan fingerprint density at radius 2 is 2.17 bits per heavy atom. The van der Waals surface area contributed by atoms with Gasteiger partial charge in [0.25, 0.3) is 6.47 Å². The maximum atomic E-state index is 11.9. The van der Waals surface area contributed by atoms with E-state index in [0.29, 0.717) is 6.54 Å². The summed E-state index contributed by atoms with van der Waals surface area (Å²) in [5, 5.41) is 9.98. The molecule has 1 spiro atoms. The number of amides is 1. The number of rotatable bonds is 6. The van der Waals surface area contributed by atoms with Gasteiger partial charge in [-0.1, -0.05) is 12.1 Å². The molecular formula is C22H32N2O5. The Kier molecular flexibility index (Phi) is 7.50. The SMILES string of the molecule is COc1cccc(CN2CC[C@]3(CCC[C@@H](CNC(=O)C4CC4)O3)C2)c1.O=CO. The predicted octanol–water partition coefficient (Wildman–Crippen LogP) is 2.44. The van der Waals surface area contributed by atoms with Crippen LogP contribution in [0.25, 0.3) is 0 Å². The molecule has 1 aliphatic carbocycles. The minimum absolute atomic E-state index is 0.0217. The summed E-state index contributed by atoms with van der Waals surface area (Å²) in [5.74, 6) is 1.41. The molecule has 2 saturated heterocycles. The van der Waals surface area contributed by atoms with Crippen LogP contribution in [0.1, 0.15) is 44.1 Å². The van der Waals surface area contributed by atoms with Crippen molar-refractivity contribution < 1.29 is 24.2 Å². The Labute approximate surface area is 172 Å². The Bertz CT molecular complexity index is 694. The molecule has 3 fully saturated rings. The number of carboxylic acid groups (broad SMARTS) is 1. The lowest BCUT2D eigenvalue weighted by atomic mass is 9.90. The van der Waals surface area contributed by atoms with E-state index in [1.165, 1.54) is 12.0 Å². The van der Waals surface area contributed by atoms with E-state index in [1.54, 1.807) is 7.11 Å². The van der Waals surface area contributed by atoms with Gasteiger partial charge in [-0.25, -0.2) is 0 Å². The summed E-state index contributed by atoms with van der Waals surface area (Å²) in [6.07, 6.45) is 6.75. The van der Waals surface area contributed by atoms with Gasteiger partial charge >= 0.3 is 0 Å². The number of carbonyl (C=O) groups excluding carboxylic acids is 1. The molecule has 1 saturated carbocycles. The van der Waals surface area contributed by atoms with Crippen LogP contribution >= 0.6 is 0 Å². The first-order valence-corrected chi connectivity index (χ1v) is 10.5. The zero-order valence-corrected chi connectivity index (χ0v) is 17.1. The normalized spacial score (nSPS) is 26.4. The van der Waals surface area contributed by atoms with E-state index >= 15 is 0 Å². The van der Waals surface area contributed by atoms with Gasteiger partial charge in [-0.2, -0.15) is 0 Å². The van der Waals surface area contributed by atoms with Gasteiger partial charge in [0, 0.05) is 32.1 Å². The molecule has 1 amide bonds. The predicted molar refractivity (Wildman–Crippen MR) is 109 cm³/mol. The molecule has 3 aliphatic rings. The average Bonchev–Trinajstić information content (AvgIpc) is 3.51. The topological polar surface area (TPSA) is 88.1 Å². The molecule has 0 radical (unpaired) electrons. The number of benzene rings is 1.